The molecule has 0 spiro atoms. The van der Waals surface area contributed by atoms with Gasteiger partial charge in [0.25, 0.3) is 5.91 Å². The largest absolute Gasteiger partial charge is 0.459 e. The van der Waals surface area contributed by atoms with Gasteiger partial charge >= 0.3 is 0 Å². The molecule has 1 fully saturated rings. The highest BCUT2D eigenvalue weighted by Crippen LogP contribution is 2.20. The maximum absolute atomic E-state index is 12.4. The van der Waals surface area contributed by atoms with Gasteiger partial charge in [-0.05, 0) is 50.8 Å². The van der Waals surface area contributed by atoms with Crippen molar-refractivity contribution < 1.29 is 14.0 Å². The zero-order valence-electron chi connectivity index (χ0n) is 12.2. The van der Waals surface area contributed by atoms with E-state index in [9.17, 15) is 9.59 Å². The van der Waals surface area contributed by atoms with Crippen LogP contribution in [0.15, 0.2) is 22.8 Å². The van der Waals surface area contributed by atoms with Gasteiger partial charge in [0.2, 0.25) is 5.91 Å². The lowest BCUT2D eigenvalue weighted by atomic mass is 10.0. The van der Waals surface area contributed by atoms with E-state index < -0.39 is 6.04 Å². The van der Waals surface area contributed by atoms with Crippen LogP contribution in [0.4, 0.5) is 0 Å². The summed E-state index contributed by atoms with van der Waals surface area (Å²) in [5, 5.41) is 2.90. The number of nitrogens with one attached hydrogen (secondary N) is 1. The molecule has 2 amide bonds. The van der Waals surface area contributed by atoms with Crippen molar-refractivity contribution in [2.24, 2.45) is 5.73 Å². The Kier molecular flexibility index (Phi) is 5.80. The average molecular weight is 293 g/mol. The van der Waals surface area contributed by atoms with Gasteiger partial charge in [-0.25, -0.2) is 0 Å². The van der Waals surface area contributed by atoms with Crippen LogP contribution in [0, 0.1) is 0 Å². The van der Waals surface area contributed by atoms with E-state index in [1.54, 1.807) is 17.0 Å². The molecule has 1 atom stereocenters. The van der Waals surface area contributed by atoms with Crippen LogP contribution in [0.3, 0.4) is 0 Å². The number of unbranched alkanes of at least 4 members (excludes halogenated alkanes) is 1. The molecule has 2 rings (SSSR count). The Balaban J connectivity index is 1.95. The Bertz CT molecular complexity index is 459. The van der Waals surface area contributed by atoms with Crippen LogP contribution >= 0.6 is 0 Å². The van der Waals surface area contributed by atoms with E-state index in [2.05, 4.69) is 5.32 Å². The molecule has 116 valence electrons. The minimum atomic E-state index is -0.394. The molecule has 1 unspecified atom stereocenters. The maximum Gasteiger partial charge on any atom is 0.290 e. The first-order valence-corrected chi connectivity index (χ1v) is 7.56. The van der Waals surface area contributed by atoms with Crippen molar-refractivity contribution in [2.45, 2.75) is 38.1 Å². The summed E-state index contributed by atoms with van der Waals surface area (Å²) < 4.78 is 5.15. The molecule has 3 N–H and O–H groups in total. The molecule has 1 aromatic heterocycles. The van der Waals surface area contributed by atoms with Crippen LogP contribution in [-0.4, -0.2) is 42.4 Å². The first kappa shape index (κ1) is 15.6. The van der Waals surface area contributed by atoms with Crippen molar-refractivity contribution in [1.29, 1.82) is 0 Å². The lowest BCUT2D eigenvalue weighted by Gasteiger charge is -2.34. The third-order valence-corrected chi connectivity index (χ3v) is 3.73. The Morgan fingerprint density at radius 3 is 2.95 bits per heavy atom. The Morgan fingerprint density at radius 1 is 1.38 bits per heavy atom. The third-order valence-electron chi connectivity index (χ3n) is 3.73. The number of amides is 2. The van der Waals surface area contributed by atoms with Gasteiger partial charge < -0.3 is 20.4 Å². The minimum absolute atomic E-state index is 0.0772. The number of nitrogens with two attached hydrogens (primary N) is 1. The molecule has 1 aliphatic heterocycles. The number of furan rings is 1. The SMILES string of the molecule is NCCCCNC(=O)C1CCCCN1C(=O)c1ccco1. The number of hydrogen-bond donors (Lipinski definition) is 2. The fourth-order valence-corrected chi connectivity index (χ4v) is 2.59. The van der Waals surface area contributed by atoms with E-state index in [0.717, 1.165) is 25.7 Å². The average Bonchev–Trinajstić information content (AvgIpc) is 3.05. The number of rotatable bonds is 6. The molecule has 21 heavy (non-hydrogen) atoms. The fourth-order valence-electron chi connectivity index (χ4n) is 2.59. The second kappa shape index (κ2) is 7.83. The molecular formula is C15H23N3O3. The van der Waals surface area contributed by atoms with Gasteiger partial charge in [0.05, 0.1) is 6.26 Å². The van der Waals surface area contributed by atoms with Gasteiger partial charge in [-0.1, -0.05) is 0 Å². The van der Waals surface area contributed by atoms with Gasteiger partial charge in [-0.3, -0.25) is 9.59 Å². The Morgan fingerprint density at radius 2 is 2.24 bits per heavy atom. The first-order valence-electron chi connectivity index (χ1n) is 7.56. The molecule has 6 heteroatoms. The standard InChI is InChI=1S/C15H23N3O3/c16-8-2-3-9-17-14(19)12-6-1-4-10-18(12)15(20)13-7-5-11-21-13/h5,7,11-12H,1-4,6,8-10,16H2,(H,17,19). The molecule has 6 nitrogen and oxygen atoms in total. The van der Waals surface area contributed by atoms with E-state index in [4.69, 9.17) is 10.2 Å². The molecule has 0 bridgehead atoms. The summed E-state index contributed by atoms with van der Waals surface area (Å²) in [6.07, 6.45) is 5.81. The summed E-state index contributed by atoms with van der Waals surface area (Å²) in [7, 11) is 0. The molecule has 2 heterocycles. The van der Waals surface area contributed by atoms with Gasteiger partial charge in [-0.2, -0.15) is 0 Å². The van der Waals surface area contributed by atoms with Crippen LogP contribution in [-0.2, 0) is 4.79 Å². The number of carbonyl (C=O) groups excluding carboxylic acids is 2. The van der Waals surface area contributed by atoms with Crippen LogP contribution in [0.2, 0.25) is 0 Å². The quantitative estimate of drug-likeness (QED) is 0.770. The van der Waals surface area contributed by atoms with Crippen molar-refractivity contribution in [3.63, 3.8) is 0 Å². The Hall–Kier alpha value is -1.82. The summed E-state index contributed by atoms with van der Waals surface area (Å²) >= 11 is 0. The smallest absolute Gasteiger partial charge is 0.290 e. The normalized spacial score (nSPS) is 18.5. The highest BCUT2D eigenvalue weighted by molar-refractivity contribution is 5.95. The zero-order valence-corrected chi connectivity index (χ0v) is 12.2. The molecule has 1 aliphatic rings. The molecule has 1 aromatic rings. The van der Waals surface area contributed by atoms with Crippen molar-refractivity contribution in [2.75, 3.05) is 19.6 Å². The zero-order chi connectivity index (χ0) is 15.1. The summed E-state index contributed by atoms with van der Waals surface area (Å²) in [4.78, 5) is 26.3. The number of piperidine rings is 1. The second-order valence-corrected chi connectivity index (χ2v) is 5.27. The van der Waals surface area contributed by atoms with Crippen molar-refractivity contribution in [1.82, 2.24) is 10.2 Å². The van der Waals surface area contributed by atoms with Crippen molar-refractivity contribution in [3.05, 3.63) is 24.2 Å². The second-order valence-electron chi connectivity index (χ2n) is 5.27. The molecule has 0 aromatic carbocycles. The topological polar surface area (TPSA) is 88.6 Å². The van der Waals surface area contributed by atoms with Crippen LogP contribution < -0.4 is 11.1 Å². The van der Waals surface area contributed by atoms with E-state index in [1.165, 1.54) is 6.26 Å². The predicted molar refractivity (Wildman–Crippen MR) is 78.7 cm³/mol. The van der Waals surface area contributed by atoms with Gasteiger partial charge in [0.15, 0.2) is 5.76 Å². The summed E-state index contributed by atoms with van der Waals surface area (Å²) in [6, 6.07) is 2.92. The Labute approximate surface area is 124 Å². The molecule has 0 aliphatic carbocycles. The van der Waals surface area contributed by atoms with Gasteiger partial charge in [-0.15, -0.1) is 0 Å². The van der Waals surface area contributed by atoms with Crippen LogP contribution in [0.25, 0.3) is 0 Å². The number of nitrogens with zero attached hydrogens (tertiary/aromatic N) is 1. The van der Waals surface area contributed by atoms with E-state index in [-0.39, 0.29) is 17.6 Å². The minimum Gasteiger partial charge on any atom is -0.459 e. The maximum atomic E-state index is 12.4. The molecule has 0 radical (unpaired) electrons. The van der Waals surface area contributed by atoms with Crippen molar-refractivity contribution >= 4 is 11.8 Å². The molecule has 1 saturated heterocycles. The summed E-state index contributed by atoms with van der Waals surface area (Å²) in [6.45, 7) is 1.83. The lowest BCUT2D eigenvalue weighted by Crippen LogP contribution is -2.52. The first-order chi connectivity index (χ1) is 10.2. The number of hydrogen-bond acceptors (Lipinski definition) is 4. The highest BCUT2D eigenvalue weighted by Gasteiger charge is 2.33. The lowest BCUT2D eigenvalue weighted by molar-refractivity contribution is -0.126. The summed E-state index contributed by atoms with van der Waals surface area (Å²) in [5.74, 6) is 0.00580. The fraction of sp³-hybridized carbons (Fsp3) is 0.600. The highest BCUT2D eigenvalue weighted by atomic mass is 16.3. The number of likely N-dealkylation sites (tertiary alicyclic amines) is 1. The number of carbonyl (C=O) groups is 2. The third kappa shape index (κ3) is 4.07. The molecule has 0 saturated carbocycles. The monoisotopic (exact) mass is 293 g/mol. The van der Waals surface area contributed by atoms with Crippen molar-refractivity contribution in [3.8, 4) is 0 Å². The predicted octanol–water partition coefficient (Wildman–Crippen LogP) is 1.13. The molecular weight excluding hydrogens is 270 g/mol. The van der Waals surface area contributed by atoms with Crippen LogP contribution in [0.5, 0.6) is 0 Å². The van der Waals surface area contributed by atoms with Crippen LogP contribution in [0.1, 0.15) is 42.7 Å². The summed E-state index contributed by atoms with van der Waals surface area (Å²) in [5.41, 5.74) is 5.43. The van der Waals surface area contributed by atoms with Gasteiger partial charge in [0, 0.05) is 13.1 Å². The van der Waals surface area contributed by atoms with E-state index in [0.29, 0.717) is 26.1 Å². The van der Waals surface area contributed by atoms with E-state index >= 15 is 0 Å². The van der Waals surface area contributed by atoms with Gasteiger partial charge in [0.1, 0.15) is 6.04 Å². The van der Waals surface area contributed by atoms with E-state index in [1.807, 2.05) is 0 Å².